The van der Waals surface area contributed by atoms with Crippen LogP contribution in [0.3, 0.4) is 0 Å². The quantitative estimate of drug-likeness (QED) is 0.742. The van der Waals surface area contributed by atoms with E-state index in [1.165, 1.54) is 5.56 Å². The highest BCUT2D eigenvalue weighted by Gasteiger charge is 2.08. The van der Waals surface area contributed by atoms with E-state index in [4.69, 9.17) is 0 Å². The third-order valence-electron chi connectivity index (χ3n) is 3.98. The molecule has 0 bridgehead atoms. The number of hydrogen-bond acceptors (Lipinski definition) is 4. The van der Waals surface area contributed by atoms with Crippen LogP contribution in [0, 0.1) is 13.8 Å². The Morgan fingerprint density at radius 2 is 1.84 bits per heavy atom. The molecule has 0 aliphatic heterocycles. The van der Waals surface area contributed by atoms with Gasteiger partial charge in [0.25, 0.3) is 5.91 Å². The Morgan fingerprint density at radius 1 is 1.00 bits per heavy atom. The highest BCUT2D eigenvalue weighted by Crippen LogP contribution is 2.15. The van der Waals surface area contributed by atoms with E-state index in [0.717, 1.165) is 22.5 Å². The summed E-state index contributed by atoms with van der Waals surface area (Å²) in [6.07, 6.45) is 5.21. The first-order valence-electron chi connectivity index (χ1n) is 8.09. The first-order valence-corrected chi connectivity index (χ1v) is 8.09. The highest BCUT2D eigenvalue weighted by atomic mass is 16.1. The lowest BCUT2D eigenvalue weighted by Gasteiger charge is -2.09. The molecule has 0 aliphatic rings. The van der Waals surface area contributed by atoms with Crippen molar-refractivity contribution in [2.45, 2.75) is 20.4 Å². The molecule has 3 aromatic rings. The van der Waals surface area contributed by atoms with Gasteiger partial charge in [-0.3, -0.25) is 9.78 Å². The molecule has 2 N–H and O–H groups in total. The van der Waals surface area contributed by atoms with Crippen LogP contribution in [0.4, 0.5) is 11.4 Å². The summed E-state index contributed by atoms with van der Waals surface area (Å²) in [7, 11) is 0. The van der Waals surface area contributed by atoms with Crippen molar-refractivity contribution in [2.75, 3.05) is 10.6 Å². The van der Waals surface area contributed by atoms with E-state index in [0.29, 0.717) is 12.2 Å². The number of nitrogens with zero attached hydrogens (tertiary/aromatic N) is 2. The Hall–Kier alpha value is -3.21. The number of nitrogens with one attached hydrogen (secondary N) is 2. The van der Waals surface area contributed by atoms with Gasteiger partial charge in [-0.15, -0.1) is 0 Å². The molecule has 0 unspecified atom stereocenters. The smallest absolute Gasteiger partial charge is 0.274 e. The Balaban J connectivity index is 1.61. The number of carbonyl (C=O) groups excluding carboxylic acids is 1. The van der Waals surface area contributed by atoms with Crippen molar-refractivity contribution in [2.24, 2.45) is 0 Å². The van der Waals surface area contributed by atoms with Crippen molar-refractivity contribution in [1.29, 1.82) is 0 Å². The van der Waals surface area contributed by atoms with Gasteiger partial charge in [0.2, 0.25) is 0 Å². The molecule has 3 rings (SSSR count). The predicted molar refractivity (Wildman–Crippen MR) is 99.7 cm³/mol. The minimum atomic E-state index is -0.220. The minimum absolute atomic E-state index is 0.220. The van der Waals surface area contributed by atoms with E-state index < -0.39 is 0 Å². The fourth-order valence-corrected chi connectivity index (χ4v) is 2.35. The summed E-state index contributed by atoms with van der Waals surface area (Å²) in [6.45, 7) is 4.72. The molecule has 0 fully saturated rings. The number of benzene rings is 1. The van der Waals surface area contributed by atoms with Crippen LogP contribution in [-0.4, -0.2) is 15.9 Å². The van der Waals surface area contributed by atoms with Crippen LogP contribution in [0.25, 0.3) is 0 Å². The molecule has 25 heavy (non-hydrogen) atoms. The van der Waals surface area contributed by atoms with Gasteiger partial charge in [-0.05, 0) is 60.9 Å². The van der Waals surface area contributed by atoms with Crippen molar-refractivity contribution in [3.63, 3.8) is 0 Å². The Kier molecular flexibility index (Phi) is 5.04. The van der Waals surface area contributed by atoms with Gasteiger partial charge in [0, 0.05) is 24.6 Å². The highest BCUT2D eigenvalue weighted by molar-refractivity contribution is 6.03. The lowest BCUT2D eigenvalue weighted by Crippen LogP contribution is -2.14. The average molecular weight is 332 g/mol. The number of amides is 1. The van der Waals surface area contributed by atoms with Crippen LogP contribution in [0.2, 0.25) is 0 Å². The van der Waals surface area contributed by atoms with Crippen molar-refractivity contribution in [3.8, 4) is 0 Å². The average Bonchev–Trinajstić information content (AvgIpc) is 2.64. The van der Waals surface area contributed by atoms with Crippen LogP contribution in [0.1, 0.15) is 27.2 Å². The summed E-state index contributed by atoms with van der Waals surface area (Å²) in [5.74, 6) is -0.220. The summed E-state index contributed by atoms with van der Waals surface area (Å²) < 4.78 is 0. The standard InChI is InChI=1S/C20H20N4O/c1-14-5-6-17(10-15(14)2)24-20(25)19-8-7-18(13-23-19)22-12-16-4-3-9-21-11-16/h3-11,13,22H,12H2,1-2H3,(H,24,25). The molecule has 1 amide bonds. The van der Waals surface area contributed by atoms with Crippen LogP contribution >= 0.6 is 0 Å². The normalized spacial score (nSPS) is 10.3. The topological polar surface area (TPSA) is 66.9 Å². The SMILES string of the molecule is Cc1ccc(NC(=O)c2ccc(NCc3cccnc3)cn2)cc1C. The zero-order valence-electron chi connectivity index (χ0n) is 14.3. The van der Waals surface area contributed by atoms with Gasteiger partial charge in [0.05, 0.1) is 11.9 Å². The number of hydrogen-bond donors (Lipinski definition) is 2. The summed E-state index contributed by atoms with van der Waals surface area (Å²) in [5.41, 5.74) is 5.42. The largest absolute Gasteiger partial charge is 0.380 e. The van der Waals surface area contributed by atoms with Crippen molar-refractivity contribution in [1.82, 2.24) is 9.97 Å². The van der Waals surface area contributed by atoms with Gasteiger partial charge in [-0.1, -0.05) is 12.1 Å². The fraction of sp³-hybridized carbons (Fsp3) is 0.150. The second kappa shape index (κ2) is 7.57. The van der Waals surface area contributed by atoms with Gasteiger partial charge in [-0.2, -0.15) is 0 Å². The zero-order valence-corrected chi connectivity index (χ0v) is 14.3. The van der Waals surface area contributed by atoms with E-state index in [1.54, 1.807) is 18.5 Å². The van der Waals surface area contributed by atoms with Crippen molar-refractivity contribution >= 4 is 17.3 Å². The lowest BCUT2D eigenvalue weighted by molar-refractivity contribution is 0.102. The van der Waals surface area contributed by atoms with Gasteiger partial charge in [-0.25, -0.2) is 4.98 Å². The molecule has 2 heterocycles. The number of anilines is 2. The summed E-state index contributed by atoms with van der Waals surface area (Å²) in [5, 5.41) is 6.13. The maximum Gasteiger partial charge on any atom is 0.274 e. The molecule has 0 aliphatic carbocycles. The van der Waals surface area contributed by atoms with Gasteiger partial charge < -0.3 is 10.6 Å². The Bertz CT molecular complexity index is 861. The predicted octanol–water partition coefficient (Wildman–Crippen LogP) is 3.96. The summed E-state index contributed by atoms with van der Waals surface area (Å²) in [6, 6.07) is 13.3. The molecular weight excluding hydrogens is 312 g/mol. The second-order valence-corrected chi connectivity index (χ2v) is 5.90. The molecule has 0 saturated carbocycles. The van der Waals surface area contributed by atoms with Crippen LogP contribution < -0.4 is 10.6 Å². The molecule has 2 aromatic heterocycles. The fourth-order valence-electron chi connectivity index (χ4n) is 2.35. The Morgan fingerprint density at radius 3 is 2.52 bits per heavy atom. The van der Waals surface area contributed by atoms with E-state index in [1.807, 2.05) is 56.4 Å². The third kappa shape index (κ3) is 4.41. The Labute approximate surface area is 147 Å². The maximum absolute atomic E-state index is 12.3. The molecule has 0 atom stereocenters. The zero-order chi connectivity index (χ0) is 17.6. The molecule has 0 saturated heterocycles. The van der Waals surface area contributed by atoms with Crippen molar-refractivity contribution < 1.29 is 4.79 Å². The number of aromatic nitrogens is 2. The van der Waals surface area contributed by atoms with Gasteiger partial charge >= 0.3 is 0 Å². The first-order chi connectivity index (χ1) is 12.1. The molecule has 5 heteroatoms. The lowest BCUT2D eigenvalue weighted by atomic mass is 10.1. The third-order valence-corrected chi connectivity index (χ3v) is 3.98. The molecule has 1 aromatic carbocycles. The van der Waals surface area contributed by atoms with Crippen LogP contribution in [0.15, 0.2) is 61.1 Å². The molecule has 0 spiro atoms. The monoisotopic (exact) mass is 332 g/mol. The number of rotatable bonds is 5. The maximum atomic E-state index is 12.3. The summed E-state index contributed by atoms with van der Waals surface area (Å²) in [4.78, 5) is 20.6. The van der Waals surface area contributed by atoms with Gasteiger partial charge in [0.15, 0.2) is 0 Å². The van der Waals surface area contributed by atoms with E-state index in [2.05, 4.69) is 20.6 Å². The number of aryl methyl sites for hydroxylation is 2. The van der Waals surface area contributed by atoms with E-state index in [-0.39, 0.29) is 5.91 Å². The first kappa shape index (κ1) is 16.6. The minimum Gasteiger partial charge on any atom is -0.380 e. The van der Waals surface area contributed by atoms with Crippen LogP contribution in [0.5, 0.6) is 0 Å². The molecule has 126 valence electrons. The number of pyridine rings is 2. The van der Waals surface area contributed by atoms with Crippen LogP contribution in [-0.2, 0) is 6.54 Å². The number of carbonyl (C=O) groups is 1. The van der Waals surface area contributed by atoms with E-state index >= 15 is 0 Å². The molecular formula is C20H20N4O. The second-order valence-electron chi connectivity index (χ2n) is 5.90. The molecule has 5 nitrogen and oxygen atoms in total. The summed E-state index contributed by atoms with van der Waals surface area (Å²) >= 11 is 0. The molecule has 0 radical (unpaired) electrons. The van der Waals surface area contributed by atoms with E-state index in [9.17, 15) is 4.79 Å². The van der Waals surface area contributed by atoms with Crippen molar-refractivity contribution in [3.05, 3.63) is 83.4 Å². The van der Waals surface area contributed by atoms with Gasteiger partial charge in [0.1, 0.15) is 5.69 Å².